The molecule has 0 atom stereocenters. The third-order valence-electron chi connectivity index (χ3n) is 5.40. The summed E-state index contributed by atoms with van der Waals surface area (Å²) in [5, 5.41) is 7.93. The van der Waals surface area contributed by atoms with Crippen LogP contribution in [0.1, 0.15) is 36.0 Å². The van der Waals surface area contributed by atoms with Crippen LogP contribution < -0.4 is 10.2 Å². The highest BCUT2D eigenvalue weighted by Gasteiger charge is 2.19. The zero-order valence-corrected chi connectivity index (χ0v) is 16.0. The van der Waals surface area contributed by atoms with Crippen LogP contribution in [-0.4, -0.2) is 64.8 Å². The molecule has 27 heavy (non-hydrogen) atoms. The number of amides is 1. The number of aromatic nitrogens is 3. The van der Waals surface area contributed by atoms with Gasteiger partial charge < -0.3 is 15.1 Å². The van der Waals surface area contributed by atoms with Crippen molar-refractivity contribution in [3.63, 3.8) is 0 Å². The summed E-state index contributed by atoms with van der Waals surface area (Å²) in [7, 11) is 1.95. The fourth-order valence-corrected chi connectivity index (χ4v) is 3.86. The summed E-state index contributed by atoms with van der Waals surface area (Å²) >= 11 is 0. The van der Waals surface area contributed by atoms with Crippen LogP contribution >= 0.6 is 0 Å². The molecule has 0 spiro atoms. The van der Waals surface area contributed by atoms with E-state index in [0.29, 0.717) is 0 Å². The first-order valence-electron chi connectivity index (χ1n) is 9.99. The number of carbonyl (C=O) groups is 1. The summed E-state index contributed by atoms with van der Waals surface area (Å²) in [4.78, 5) is 21.7. The Hall–Kier alpha value is -2.41. The summed E-state index contributed by atoms with van der Waals surface area (Å²) in [5.74, 6) is 1.76. The van der Waals surface area contributed by atoms with E-state index in [-0.39, 0.29) is 5.91 Å². The summed E-state index contributed by atoms with van der Waals surface area (Å²) in [6.07, 6.45) is 4.72. The number of hydrogen-bond acceptors (Lipinski definition) is 5. The Bertz CT molecular complexity index is 770. The van der Waals surface area contributed by atoms with Gasteiger partial charge in [0.1, 0.15) is 0 Å². The maximum absolute atomic E-state index is 12.7. The molecule has 144 valence electrons. The van der Waals surface area contributed by atoms with E-state index in [1.165, 1.54) is 19.3 Å². The Morgan fingerprint density at radius 2 is 1.74 bits per heavy atom. The molecule has 3 heterocycles. The minimum absolute atomic E-state index is 0.105. The normalized spacial score (nSPS) is 18.4. The molecule has 0 aliphatic carbocycles. The molecule has 2 aliphatic heterocycles. The van der Waals surface area contributed by atoms with Crippen LogP contribution in [0.2, 0.25) is 0 Å². The monoisotopic (exact) mass is 368 g/mol. The molecular weight excluding hydrogens is 340 g/mol. The Kier molecular flexibility index (Phi) is 5.38. The van der Waals surface area contributed by atoms with Crippen molar-refractivity contribution in [1.29, 1.82) is 0 Å². The lowest BCUT2D eigenvalue weighted by molar-refractivity contribution is 0.0766. The number of piperidine rings is 1. The van der Waals surface area contributed by atoms with E-state index in [4.69, 9.17) is 4.98 Å². The molecule has 1 aromatic heterocycles. The first-order valence-corrected chi connectivity index (χ1v) is 9.99. The first kappa shape index (κ1) is 18.0. The molecule has 4 rings (SSSR count). The van der Waals surface area contributed by atoms with Crippen molar-refractivity contribution in [3.05, 3.63) is 29.8 Å². The molecule has 0 radical (unpaired) electrons. The lowest BCUT2D eigenvalue weighted by Crippen LogP contribution is -2.34. The van der Waals surface area contributed by atoms with E-state index in [1.54, 1.807) is 0 Å². The second kappa shape index (κ2) is 8.08. The topological polar surface area (TPSA) is 66.3 Å². The number of rotatable bonds is 3. The minimum atomic E-state index is 0.105. The summed E-state index contributed by atoms with van der Waals surface area (Å²) in [5.41, 5.74) is 1.68. The second-order valence-electron chi connectivity index (χ2n) is 7.38. The van der Waals surface area contributed by atoms with Gasteiger partial charge in [-0.3, -0.25) is 4.79 Å². The predicted molar refractivity (Wildman–Crippen MR) is 106 cm³/mol. The molecule has 7 heteroatoms. The third kappa shape index (κ3) is 3.98. The van der Waals surface area contributed by atoms with Crippen LogP contribution in [0, 0.1) is 0 Å². The minimum Gasteiger partial charge on any atom is -0.341 e. The average Bonchev–Trinajstić information content (AvgIpc) is 2.92. The van der Waals surface area contributed by atoms with E-state index in [1.807, 2.05) is 40.9 Å². The Balaban J connectivity index is 1.49. The van der Waals surface area contributed by atoms with Crippen molar-refractivity contribution in [2.75, 3.05) is 44.2 Å². The van der Waals surface area contributed by atoms with Gasteiger partial charge in [-0.05, 0) is 44.4 Å². The highest BCUT2D eigenvalue weighted by Crippen LogP contribution is 2.23. The standard InChI is InChI=1S/C20H28N6O/c1-24-20(26-12-3-2-4-13-26)22-18(23-24)16-6-8-17(9-7-16)19(27)25-14-5-10-21-11-15-25/h6-9,21H,2-5,10-15H2,1H3. The van der Waals surface area contributed by atoms with Crippen molar-refractivity contribution < 1.29 is 4.79 Å². The van der Waals surface area contributed by atoms with Gasteiger partial charge in [0, 0.05) is 50.9 Å². The van der Waals surface area contributed by atoms with Gasteiger partial charge >= 0.3 is 0 Å². The van der Waals surface area contributed by atoms with Crippen molar-refractivity contribution >= 4 is 11.9 Å². The fourth-order valence-electron chi connectivity index (χ4n) is 3.86. The van der Waals surface area contributed by atoms with Crippen molar-refractivity contribution in [3.8, 4) is 11.4 Å². The molecule has 1 aromatic carbocycles. The maximum Gasteiger partial charge on any atom is 0.253 e. The van der Waals surface area contributed by atoms with Crippen LogP contribution in [0.3, 0.4) is 0 Å². The van der Waals surface area contributed by atoms with Gasteiger partial charge in [0.25, 0.3) is 5.91 Å². The maximum atomic E-state index is 12.7. The Labute approximate surface area is 160 Å². The lowest BCUT2D eigenvalue weighted by atomic mass is 10.1. The van der Waals surface area contributed by atoms with E-state index >= 15 is 0 Å². The number of carbonyl (C=O) groups excluding carboxylic acids is 1. The molecule has 0 bridgehead atoms. The molecule has 7 nitrogen and oxygen atoms in total. The van der Waals surface area contributed by atoms with Gasteiger partial charge in [0.05, 0.1) is 0 Å². The third-order valence-corrected chi connectivity index (χ3v) is 5.40. The molecule has 2 saturated heterocycles. The Morgan fingerprint density at radius 3 is 2.52 bits per heavy atom. The van der Waals surface area contributed by atoms with Gasteiger partial charge in [-0.2, -0.15) is 4.98 Å². The highest BCUT2D eigenvalue weighted by molar-refractivity contribution is 5.94. The highest BCUT2D eigenvalue weighted by atomic mass is 16.2. The van der Waals surface area contributed by atoms with Gasteiger partial charge in [0.15, 0.2) is 5.82 Å². The van der Waals surface area contributed by atoms with Crippen LogP contribution in [0.25, 0.3) is 11.4 Å². The number of anilines is 1. The van der Waals surface area contributed by atoms with Crippen LogP contribution in [0.15, 0.2) is 24.3 Å². The van der Waals surface area contributed by atoms with E-state index in [0.717, 1.165) is 68.6 Å². The number of benzene rings is 1. The largest absolute Gasteiger partial charge is 0.341 e. The summed E-state index contributed by atoms with van der Waals surface area (Å²) in [6.45, 7) is 5.51. The van der Waals surface area contributed by atoms with Gasteiger partial charge in [0.2, 0.25) is 5.95 Å². The van der Waals surface area contributed by atoms with Crippen molar-refractivity contribution in [1.82, 2.24) is 25.0 Å². The second-order valence-corrected chi connectivity index (χ2v) is 7.38. The predicted octanol–water partition coefficient (Wildman–Crippen LogP) is 1.91. The molecule has 1 amide bonds. The summed E-state index contributed by atoms with van der Waals surface area (Å²) < 4.78 is 1.87. The zero-order chi connectivity index (χ0) is 18.6. The van der Waals surface area contributed by atoms with Crippen LogP contribution in [-0.2, 0) is 7.05 Å². The number of aryl methyl sites for hydroxylation is 1. The van der Waals surface area contributed by atoms with Gasteiger partial charge in [-0.25, -0.2) is 4.68 Å². The molecule has 2 aliphatic rings. The molecule has 2 aromatic rings. The van der Waals surface area contributed by atoms with E-state index in [9.17, 15) is 4.79 Å². The fraction of sp³-hybridized carbons (Fsp3) is 0.550. The van der Waals surface area contributed by atoms with Gasteiger partial charge in [-0.15, -0.1) is 5.10 Å². The smallest absolute Gasteiger partial charge is 0.253 e. The van der Waals surface area contributed by atoms with E-state index < -0.39 is 0 Å². The molecule has 0 saturated carbocycles. The summed E-state index contributed by atoms with van der Waals surface area (Å²) in [6, 6.07) is 7.71. The van der Waals surface area contributed by atoms with Crippen molar-refractivity contribution in [2.45, 2.75) is 25.7 Å². The van der Waals surface area contributed by atoms with Crippen LogP contribution in [0.4, 0.5) is 5.95 Å². The average molecular weight is 368 g/mol. The SMILES string of the molecule is Cn1nc(-c2ccc(C(=O)N3CCCNCC3)cc2)nc1N1CCCCC1. The number of nitrogens with zero attached hydrogens (tertiary/aromatic N) is 5. The quantitative estimate of drug-likeness (QED) is 0.896. The molecule has 1 N–H and O–H groups in total. The van der Waals surface area contributed by atoms with E-state index in [2.05, 4.69) is 15.3 Å². The lowest BCUT2D eigenvalue weighted by Gasteiger charge is -2.26. The van der Waals surface area contributed by atoms with Gasteiger partial charge in [-0.1, -0.05) is 12.1 Å². The van der Waals surface area contributed by atoms with Crippen molar-refractivity contribution in [2.24, 2.45) is 7.05 Å². The molecular formula is C20H28N6O. The number of nitrogens with one attached hydrogen (secondary N) is 1. The zero-order valence-electron chi connectivity index (χ0n) is 16.0. The molecule has 0 unspecified atom stereocenters. The Morgan fingerprint density at radius 1 is 0.963 bits per heavy atom. The first-order chi connectivity index (χ1) is 13.2. The van der Waals surface area contributed by atoms with Crippen LogP contribution in [0.5, 0.6) is 0 Å². The number of hydrogen-bond donors (Lipinski definition) is 1. The molecule has 2 fully saturated rings.